The summed E-state index contributed by atoms with van der Waals surface area (Å²) >= 11 is 3.40. The van der Waals surface area contributed by atoms with Gasteiger partial charge in [-0.15, -0.1) is 0 Å². The Morgan fingerprint density at radius 3 is 2.87 bits per heavy atom. The molecule has 4 heteroatoms. The normalized spacial score (nSPS) is 12.7. The maximum atomic E-state index is 5.70. The lowest BCUT2D eigenvalue weighted by molar-refractivity contribution is 0.117. The molecule has 0 amide bonds. The molecule has 0 aliphatic rings. The van der Waals surface area contributed by atoms with Gasteiger partial charge in [-0.05, 0) is 40.5 Å². The van der Waals surface area contributed by atoms with Gasteiger partial charge in [0.1, 0.15) is 0 Å². The zero-order valence-electron chi connectivity index (χ0n) is 9.09. The molecular weight excluding hydrogens is 256 g/mol. The molecule has 15 heavy (non-hydrogen) atoms. The summed E-state index contributed by atoms with van der Waals surface area (Å²) in [6.45, 7) is 3.71. The number of halogens is 1. The highest BCUT2D eigenvalue weighted by Gasteiger charge is 2.00. The van der Waals surface area contributed by atoms with Gasteiger partial charge in [0.05, 0.1) is 6.10 Å². The van der Waals surface area contributed by atoms with Crippen LogP contribution in [0, 0.1) is 0 Å². The number of nitrogens with two attached hydrogens (primary N) is 1. The third-order valence-electron chi connectivity index (χ3n) is 2.23. The summed E-state index contributed by atoms with van der Waals surface area (Å²) in [6.07, 6.45) is 0.238. The number of nitrogen functional groups attached to an aromatic ring is 1. The first-order valence-corrected chi connectivity index (χ1v) is 5.70. The van der Waals surface area contributed by atoms with Crippen LogP contribution in [0.3, 0.4) is 0 Å². The summed E-state index contributed by atoms with van der Waals surface area (Å²) in [5, 5.41) is 3.31. The average molecular weight is 273 g/mol. The maximum absolute atomic E-state index is 5.70. The van der Waals surface area contributed by atoms with Gasteiger partial charge in [-0.1, -0.05) is 6.07 Å². The number of methoxy groups -OCH3 is 1. The molecule has 1 atom stereocenters. The smallest absolute Gasteiger partial charge is 0.0667 e. The van der Waals surface area contributed by atoms with E-state index in [1.165, 1.54) is 5.56 Å². The lowest BCUT2D eigenvalue weighted by atomic mass is 10.2. The summed E-state index contributed by atoms with van der Waals surface area (Å²) in [4.78, 5) is 0. The predicted octanol–water partition coefficient (Wildman–Crippen LogP) is 2.16. The van der Waals surface area contributed by atoms with Crippen molar-refractivity contribution in [1.82, 2.24) is 5.32 Å². The quantitative estimate of drug-likeness (QED) is 0.808. The van der Waals surface area contributed by atoms with Crippen LogP contribution in [0.1, 0.15) is 12.5 Å². The zero-order chi connectivity index (χ0) is 11.3. The first-order chi connectivity index (χ1) is 7.13. The van der Waals surface area contributed by atoms with E-state index in [1.54, 1.807) is 7.11 Å². The van der Waals surface area contributed by atoms with Gasteiger partial charge in [-0.2, -0.15) is 0 Å². The van der Waals surface area contributed by atoms with Crippen molar-refractivity contribution in [2.45, 2.75) is 19.6 Å². The van der Waals surface area contributed by atoms with Gasteiger partial charge < -0.3 is 15.8 Å². The number of rotatable bonds is 5. The van der Waals surface area contributed by atoms with Crippen LogP contribution < -0.4 is 11.1 Å². The van der Waals surface area contributed by atoms with E-state index in [2.05, 4.69) is 21.2 Å². The van der Waals surface area contributed by atoms with Crippen molar-refractivity contribution in [2.24, 2.45) is 0 Å². The molecule has 3 nitrogen and oxygen atoms in total. The predicted molar refractivity (Wildman–Crippen MR) is 66.7 cm³/mol. The van der Waals surface area contributed by atoms with E-state index < -0.39 is 0 Å². The minimum absolute atomic E-state index is 0.238. The van der Waals surface area contributed by atoms with E-state index >= 15 is 0 Å². The largest absolute Gasteiger partial charge is 0.398 e. The fourth-order valence-corrected chi connectivity index (χ4v) is 1.61. The molecule has 0 heterocycles. The molecule has 3 N–H and O–H groups in total. The Kier molecular flexibility index (Phi) is 5.08. The van der Waals surface area contributed by atoms with Crippen LogP contribution in [0.15, 0.2) is 22.7 Å². The van der Waals surface area contributed by atoms with Gasteiger partial charge in [0.25, 0.3) is 0 Å². The summed E-state index contributed by atoms with van der Waals surface area (Å²) in [5.41, 5.74) is 7.68. The third kappa shape index (κ3) is 4.20. The van der Waals surface area contributed by atoms with Gasteiger partial charge >= 0.3 is 0 Å². The molecule has 0 aromatic heterocycles. The van der Waals surface area contributed by atoms with E-state index in [0.29, 0.717) is 0 Å². The highest BCUT2D eigenvalue weighted by Crippen LogP contribution is 2.20. The van der Waals surface area contributed by atoms with Crippen molar-refractivity contribution >= 4 is 21.6 Å². The van der Waals surface area contributed by atoms with Crippen LogP contribution in [0.2, 0.25) is 0 Å². The van der Waals surface area contributed by atoms with Gasteiger partial charge in [-0.25, -0.2) is 0 Å². The summed E-state index contributed by atoms with van der Waals surface area (Å²) < 4.78 is 6.09. The number of hydrogen-bond acceptors (Lipinski definition) is 3. The molecule has 0 saturated heterocycles. The standard InChI is InChI=1S/C11H17BrN2O/c1-8(15-2)6-14-7-9-3-4-11(13)10(12)5-9/h3-5,8,14H,6-7,13H2,1-2H3. The van der Waals surface area contributed by atoms with E-state index in [0.717, 1.165) is 23.2 Å². The van der Waals surface area contributed by atoms with Gasteiger partial charge in [0.2, 0.25) is 0 Å². The van der Waals surface area contributed by atoms with Gasteiger partial charge in [0, 0.05) is 30.4 Å². The van der Waals surface area contributed by atoms with Gasteiger partial charge in [0.15, 0.2) is 0 Å². The summed E-state index contributed by atoms with van der Waals surface area (Å²) in [6, 6.07) is 5.95. The Morgan fingerprint density at radius 1 is 1.53 bits per heavy atom. The molecule has 0 radical (unpaired) electrons. The number of ether oxygens (including phenoxy) is 1. The molecule has 84 valence electrons. The van der Waals surface area contributed by atoms with Crippen molar-refractivity contribution in [3.8, 4) is 0 Å². The van der Waals surface area contributed by atoms with Crippen LogP contribution in [0.4, 0.5) is 5.69 Å². The van der Waals surface area contributed by atoms with Crippen molar-refractivity contribution in [3.63, 3.8) is 0 Å². The number of hydrogen-bond donors (Lipinski definition) is 2. The highest BCUT2D eigenvalue weighted by molar-refractivity contribution is 9.10. The molecule has 1 aromatic carbocycles. The molecule has 0 fully saturated rings. The molecular formula is C11H17BrN2O. The summed E-state index contributed by atoms with van der Waals surface area (Å²) in [7, 11) is 1.71. The SMILES string of the molecule is COC(C)CNCc1ccc(N)c(Br)c1. The lowest BCUT2D eigenvalue weighted by Gasteiger charge is -2.11. The molecule has 1 rings (SSSR count). The minimum Gasteiger partial charge on any atom is -0.398 e. The van der Waals surface area contributed by atoms with E-state index in [9.17, 15) is 0 Å². The van der Waals surface area contributed by atoms with Crippen molar-refractivity contribution in [1.29, 1.82) is 0 Å². The first kappa shape index (κ1) is 12.5. The second-order valence-corrected chi connectivity index (χ2v) is 4.39. The molecule has 0 aliphatic heterocycles. The summed E-state index contributed by atoms with van der Waals surface area (Å²) in [5.74, 6) is 0. The number of anilines is 1. The Balaban J connectivity index is 2.41. The van der Waals surface area contributed by atoms with E-state index in [-0.39, 0.29) is 6.10 Å². The second-order valence-electron chi connectivity index (χ2n) is 3.53. The number of nitrogens with one attached hydrogen (secondary N) is 1. The fraction of sp³-hybridized carbons (Fsp3) is 0.455. The maximum Gasteiger partial charge on any atom is 0.0667 e. The second kappa shape index (κ2) is 6.10. The third-order valence-corrected chi connectivity index (χ3v) is 2.91. The minimum atomic E-state index is 0.238. The molecule has 0 saturated carbocycles. The first-order valence-electron chi connectivity index (χ1n) is 4.91. The number of benzene rings is 1. The fourth-order valence-electron chi connectivity index (χ4n) is 1.18. The van der Waals surface area contributed by atoms with E-state index in [4.69, 9.17) is 10.5 Å². The molecule has 0 aliphatic carbocycles. The zero-order valence-corrected chi connectivity index (χ0v) is 10.7. The van der Waals surface area contributed by atoms with Crippen LogP contribution in [-0.2, 0) is 11.3 Å². The van der Waals surface area contributed by atoms with Crippen molar-refractivity contribution in [2.75, 3.05) is 19.4 Å². The molecule has 0 bridgehead atoms. The van der Waals surface area contributed by atoms with E-state index in [1.807, 2.05) is 25.1 Å². The van der Waals surface area contributed by atoms with Crippen LogP contribution in [0.5, 0.6) is 0 Å². The Labute approximate surface area is 99.1 Å². The molecule has 1 unspecified atom stereocenters. The monoisotopic (exact) mass is 272 g/mol. The molecule has 0 spiro atoms. The Hall–Kier alpha value is -0.580. The Morgan fingerprint density at radius 2 is 2.27 bits per heavy atom. The van der Waals surface area contributed by atoms with Gasteiger partial charge in [-0.3, -0.25) is 0 Å². The van der Waals surface area contributed by atoms with Crippen molar-refractivity contribution in [3.05, 3.63) is 28.2 Å². The topological polar surface area (TPSA) is 47.3 Å². The van der Waals surface area contributed by atoms with Crippen LogP contribution in [-0.4, -0.2) is 19.8 Å². The Bertz CT molecular complexity index is 317. The van der Waals surface area contributed by atoms with Crippen molar-refractivity contribution < 1.29 is 4.74 Å². The highest BCUT2D eigenvalue weighted by atomic mass is 79.9. The van der Waals surface area contributed by atoms with Crippen LogP contribution >= 0.6 is 15.9 Å². The average Bonchev–Trinajstić information content (AvgIpc) is 2.23. The van der Waals surface area contributed by atoms with Crippen LogP contribution in [0.25, 0.3) is 0 Å². The lowest BCUT2D eigenvalue weighted by Crippen LogP contribution is -2.25. The molecule has 1 aromatic rings.